The lowest BCUT2D eigenvalue weighted by atomic mass is 9.98. The molecule has 0 saturated heterocycles. The molecule has 0 heterocycles. The van der Waals surface area contributed by atoms with Crippen LogP contribution in [-0.2, 0) is 20.9 Å². The highest BCUT2D eigenvalue weighted by molar-refractivity contribution is 7.80. The van der Waals surface area contributed by atoms with E-state index in [0.717, 1.165) is 47.9 Å². The smallest absolute Gasteiger partial charge is 0.408 e. The number of ether oxygens (including phenoxy) is 1. The van der Waals surface area contributed by atoms with E-state index in [2.05, 4.69) is 30.2 Å². The third-order valence-electron chi connectivity index (χ3n) is 6.14. The van der Waals surface area contributed by atoms with Gasteiger partial charge in [-0.25, -0.2) is 4.79 Å². The lowest BCUT2D eigenvalue weighted by Crippen LogP contribution is -2.54. The minimum atomic E-state index is -0.954. The van der Waals surface area contributed by atoms with Crippen LogP contribution in [0.2, 0.25) is 0 Å². The van der Waals surface area contributed by atoms with Gasteiger partial charge in [-0.05, 0) is 52.2 Å². The number of hydrogen-bond acceptors (Lipinski definition) is 5. The van der Waals surface area contributed by atoms with Crippen LogP contribution in [0.4, 0.5) is 4.79 Å². The summed E-state index contributed by atoms with van der Waals surface area (Å²) < 4.78 is 5.39. The van der Waals surface area contributed by atoms with Gasteiger partial charge in [0.1, 0.15) is 17.7 Å². The maximum Gasteiger partial charge on any atom is 0.408 e. The van der Waals surface area contributed by atoms with E-state index in [-0.39, 0.29) is 17.6 Å². The Morgan fingerprint density at radius 2 is 1.62 bits per heavy atom. The molecule has 0 aliphatic rings. The van der Waals surface area contributed by atoms with Crippen molar-refractivity contribution in [2.45, 2.75) is 91.5 Å². The molecule has 0 aliphatic carbocycles. The Morgan fingerprint density at radius 3 is 2.18 bits per heavy atom. The van der Waals surface area contributed by atoms with Gasteiger partial charge in [0.25, 0.3) is 0 Å². The summed E-state index contributed by atoms with van der Waals surface area (Å²) in [6, 6.07) is 13.8. The topological polar surface area (TPSA) is 87.7 Å². The van der Waals surface area contributed by atoms with Crippen LogP contribution in [0.1, 0.15) is 81.7 Å². The highest BCUT2D eigenvalue weighted by Crippen LogP contribution is 2.26. The molecular formula is C31H45N3O4S. The Kier molecular flexibility index (Phi) is 12.8. The van der Waals surface area contributed by atoms with Crippen LogP contribution in [0.3, 0.4) is 0 Å². The number of benzene rings is 2. The predicted octanol–water partition coefficient (Wildman–Crippen LogP) is 5.89. The Morgan fingerprint density at radius 1 is 0.974 bits per heavy atom. The molecule has 2 rings (SSSR count). The number of unbranched alkanes of at least 4 members (excludes halogenated alkanes) is 3. The molecule has 0 aliphatic heterocycles. The molecule has 0 saturated carbocycles. The fraction of sp³-hybridized carbons (Fsp3) is 0.516. The van der Waals surface area contributed by atoms with E-state index in [1.165, 1.54) is 0 Å². The fourth-order valence-electron chi connectivity index (χ4n) is 4.43. The Bertz CT molecular complexity index is 1060. The zero-order valence-corrected chi connectivity index (χ0v) is 25.1. The first-order valence-corrected chi connectivity index (χ1v) is 14.4. The van der Waals surface area contributed by atoms with Gasteiger partial charge in [0.2, 0.25) is 11.8 Å². The van der Waals surface area contributed by atoms with Gasteiger partial charge in [-0.3, -0.25) is 9.59 Å². The van der Waals surface area contributed by atoms with Gasteiger partial charge in [0, 0.05) is 18.8 Å². The molecule has 39 heavy (non-hydrogen) atoms. The summed E-state index contributed by atoms with van der Waals surface area (Å²) in [5, 5.41) is 5.71. The predicted molar refractivity (Wildman–Crippen MR) is 160 cm³/mol. The van der Waals surface area contributed by atoms with Crippen molar-refractivity contribution in [2.24, 2.45) is 0 Å². The minimum absolute atomic E-state index is 0.0642. The molecule has 2 aromatic rings. The number of amides is 3. The Labute approximate surface area is 239 Å². The average Bonchev–Trinajstić information content (AvgIpc) is 2.86. The van der Waals surface area contributed by atoms with Gasteiger partial charge in [0.15, 0.2) is 0 Å². The molecule has 214 valence electrons. The molecule has 2 aromatic carbocycles. The molecule has 0 radical (unpaired) electrons. The molecule has 8 heteroatoms. The van der Waals surface area contributed by atoms with Crippen molar-refractivity contribution in [3.05, 3.63) is 70.8 Å². The lowest BCUT2D eigenvalue weighted by Gasteiger charge is -2.34. The van der Waals surface area contributed by atoms with Crippen LogP contribution < -0.4 is 10.6 Å². The third kappa shape index (κ3) is 10.9. The van der Waals surface area contributed by atoms with E-state index in [1.54, 1.807) is 25.7 Å². The number of carbonyl (C=O) groups excluding carboxylic acids is 3. The summed E-state index contributed by atoms with van der Waals surface area (Å²) in [6.45, 7) is 12.1. The molecule has 0 spiro atoms. The van der Waals surface area contributed by atoms with Gasteiger partial charge < -0.3 is 20.3 Å². The lowest BCUT2D eigenvalue weighted by molar-refractivity contribution is -0.142. The first-order valence-electron chi connectivity index (χ1n) is 13.8. The zero-order chi connectivity index (χ0) is 29.0. The molecule has 2 N–H and O–H groups in total. The number of rotatable bonds is 13. The summed E-state index contributed by atoms with van der Waals surface area (Å²) in [6.07, 6.45) is 3.04. The third-order valence-corrected chi connectivity index (χ3v) is 6.50. The van der Waals surface area contributed by atoms with Crippen molar-refractivity contribution >= 4 is 30.5 Å². The van der Waals surface area contributed by atoms with E-state index in [4.69, 9.17) is 4.74 Å². The average molecular weight is 556 g/mol. The summed E-state index contributed by atoms with van der Waals surface area (Å²) >= 11 is 4.37. The van der Waals surface area contributed by atoms with E-state index < -0.39 is 23.8 Å². The van der Waals surface area contributed by atoms with Crippen molar-refractivity contribution in [3.63, 3.8) is 0 Å². The quantitative estimate of drug-likeness (QED) is 0.212. The Hall–Kier alpha value is -3.00. The van der Waals surface area contributed by atoms with Crippen molar-refractivity contribution in [1.29, 1.82) is 0 Å². The molecule has 0 aromatic heterocycles. The molecular weight excluding hydrogens is 510 g/mol. The van der Waals surface area contributed by atoms with Crippen molar-refractivity contribution in [3.8, 4) is 0 Å². The van der Waals surface area contributed by atoms with Gasteiger partial charge >= 0.3 is 6.09 Å². The first-order chi connectivity index (χ1) is 18.4. The van der Waals surface area contributed by atoms with Gasteiger partial charge in [-0.15, -0.1) is 0 Å². The monoisotopic (exact) mass is 555 g/mol. The van der Waals surface area contributed by atoms with Gasteiger partial charge in [-0.1, -0.05) is 85.8 Å². The minimum Gasteiger partial charge on any atom is -0.444 e. The number of hydrogen-bond donors (Lipinski definition) is 3. The van der Waals surface area contributed by atoms with Crippen LogP contribution in [0.25, 0.3) is 0 Å². The second kappa shape index (κ2) is 15.6. The second-order valence-corrected chi connectivity index (χ2v) is 11.4. The van der Waals surface area contributed by atoms with E-state index >= 15 is 0 Å². The first kappa shape index (κ1) is 32.2. The number of aryl methyl sites for hydroxylation is 2. The summed E-state index contributed by atoms with van der Waals surface area (Å²) in [5.74, 6) is -0.580. The number of alkyl carbamates (subject to hydrolysis) is 1. The fourth-order valence-corrected chi connectivity index (χ4v) is 4.68. The number of thiol groups is 1. The number of nitrogens with one attached hydrogen (secondary N) is 2. The van der Waals surface area contributed by atoms with Crippen molar-refractivity contribution < 1.29 is 19.1 Å². The molecule has 2 atom stereocenters. The van der Waals surface area contributed by atoms with Crippen molar-refractivity contribution in [1.82, 2.24) is 15.5 Å². The SMILES string of the molecule is CCCCCCN(C(=O)C(CS)NC(=O)OC(C)(C)C)C(C(=O)NCc1ccccc1)c1cc(C)cc(C)c1. The number of carbonyl (C=O) groups is 3. The van der Waals surface area contributed by atoms with E-state index in [9.17, 15) is 14.4 Å². The Balaban J connectivity index is 2.45. The van der Waals surface area contributed by atoms with Crippen LogP contribution >= 0.6 is 12.6 Å². The van der Waals surface area contributed by atoms with E-state index in [1.807, 2.05) is 62.4 Å². The molecule has 2 unspecified atom stereocenters. The standard InChI is InChI=1S/C31H45N3O4S/c1-7-8-9-13-16-34(29(36)26(21-39)33-30(37)38-31(4,5)6)27(25-18-22(2)17-23(3)19-25)28(35)32-20-24-14-11-10-12-15-24/h10-12,14-15,17-19,26-27,39H,7-9,13,16,20-21H2,1-6H3,(H,32,35)(H,33,37). The zero-order valence-electron chi connectivity index (χ0n) is 24.3. The molecule has 0 fully saturated rings. The number of nitrogens with zero attached hydrogens (tertiary/aromatic N) is 1. The van der Waals surface area contributed by atoms with Crippen molar-refractivity contribution in [2.75, 3.05) is 12.3 Å². The van der Waals surface area contributed by atoms with Crippen LogP contribution in [0.15, 0.2) is 48.5 Å². The second-order valence-electron chi connectivity index (χ2n) is 11.0. The maximum absolute atomic E-state index is 14.0. The summed E-state index contributed by atoms with van der Waals surface area (Å²) in [7, 11) is 0. The van der Waals surface area contributed by atoms with Crippen LogP contribution in [-0.4, -0.2) is 46.7 Å². The molecule has 7 nitrogen and oxygen atoms in total. The molecule has 3 amide bonds. The maximum atomic E-state index is 14.0. The van der Waals surface area contributed by atoms with Crippen LogP contribution in [0, 0.1) is 13.8 Å². The highest BCUT2D eigenvalue weighted by Gasteiger charge is 2.35. The van der Waals surface area contributed by atoms with Gasteiger partial charge in [0.05, 0.1) is 0 Å². The molecule has 0 bridgehead atoms. The largest absolute Gasteiger partial charge is 0.444 e. The van der Waals surface area contributed by atoms with Gasteiger partial charge in [-0.2, -0.15) is 12.6 Å². The van der Waals surface area contributed by atoms with Crippen LogP contribution in [0.5, 0.6) is 0 Å². The highest BCUT2D eigenvalue weighted by atomic mass is 32.1. The summed E-state index contributed by atoms with van der Waals surface area (Å²) in [4.78, 5) is 42.0. The summed E-state index contributed by atoms with van der Waals surface area (Å²) in [5.41, 5.74) is 2.99. The normalized spacial score (nSPS) is 12.8. The van der Waals surface area contributed by atoms with E-state index in [0.29, 0.717) is 13.1 Å².